The molecule has 17 heavy (non-hydrogen) atoms. The second-order valence-electron chi connectivity index (χ2n) is 4.15. The van der Waals surface area contributed by atoms with Crippen molar-refractivity contribution in [3.63, 3.8) is 0 Å². The van der Waals surface area contributed by atoms with Crippen molar-refractivity contribution in [1.82, 2.24) is 9.97 Å². The number of nitrogens with one attached hydrogen (secondary N) is 2. The Labute approximate surface area is 104 Å². The fourth-order valence-corrected chi connectivity index (χ4v) is 3.24. The lowest BCUT2D eigenvalue weighted by Gasteiger charge is -2.14. The van der Waals surface area contributed by atoms with Crippen LogP contribution >= 0.6 is 11.3 Å². The summed E-state index contributed by atoms with van der Waals surface area (Å²) in [6.07, 6.45) is 3.96. The summed E-state index contributed by atoms with van der Waals surface area (Å²) in [6, 6.07) is 10.6. The van der Waals surface area contributed by atoms with Gasteiger partial charge in [-0.05, 0) is 48.2 Å². The highest BCUT2D eigenvalue weighted by Gasteiger charge is 2.20. The molecule has 86 valence electrons. The number of rotatable bonds is 3. The lowest BCUT2D eigenvalue weighted by molar-refractivity contribution is 0.909. The van der Waals surface area contributed by atoms with Crippen LogP contribution < -0.4 is 0 Å². The van der Waals surface area contributed by atoms with Crippen molar-refractivity contribution in [3.8, 4) is 0 Å². The first-order valence-electron chi connectivity index (χ1n) is 5.67. The fourth-order valence-electron chi connectivity index (χ4n) is 2.18. The maximum atomic E-state index is 3.33. The second-order valence-corrected chi connectivity index (χ2v) is 5.10. The van der Waals surface area contributed by atoms with Crippen molar-refractivity contribution >= 4 is 11.3 Å². The number of aromatic amines is 2. The molecule has 2 nitrogen and oxygen atoms in total. The van der Waals surface area contributed by atoms with E-state index in [4.69, 9.17) is 0 Å². The van der Waals surface area contributed by atoms with Crippen LogP contribution in [-0.4, -0.2) is 9.97 Å². The normalized spacial score (nSPS) is 11.2. The summed E-state index contributed by atoms with van der Waals surface area (Å²) >= 11 is 1.81. The van der Waals surface area contributed by atoms with Crippen molar-refractivity contribution in [2.24, 2.45) is 0 Å². The molecule has 0 aliphatic rings. The molecule has 3 rings (SSSR count). The standard InChI is InChI=1S/C14H14N2S/c1-10-6-9-17-14(10)13(11-4-2-7-15-11)12-5-3-8-16-12/h2-9,13,15-16H,1H3. The molecule has 0 amide bonds. The Morgan fingerprint density at radius 1 is 1.00 bits per heavy atom. The Morgan fingerprint density at radius 3 is 2.06 bits per heavy atom. The van der Waals surface area contributed by atoms with E-state index in [2.05, 4.69) is 40.5 Å². The molecule has 0 saturated heterocycles. The van der Waals surface area contributed by atoms with E-state index in [1.54, 1.807) is 0 Å². The third kappa shape index (κ3) is 1.83. The second kappa shape index (κ2) is 4.26. The molecule has 0 spiro atoms. The molecular formula is C14H14N2S. The van der Waals surface area contributed by atoms with Gasteiger partial charge < -0.3 is 9.97 Å². The number of hydrogen-bond acceptors (Lipinski definition) is 1. The van der Waals surface area contributed by atoms with E-state index < -0.39 is 0 Å². The smallest absolute Gasteiger partial charge is 0.0737 e. The Kier molecular flexibility index (Phi) is 2.61. The number of thiophene rings is 1. The molecule has 0 saturated carbocycles. The van der Waals surface area contributed by atoms with Crippen LogP contribution in [0.25, 0.3) is 0 Å². The Balaban J connectivity index is 2.13. The zero-order chi connectivity index (χ0) is 11.7. The molecule has 0 bridgehead atoms. The van der Waals surface area contributed by atoms with Crippen LogP contribution in [0, 0.1) is 6.92 Å². The van der Waals surface area contributed by atoms with Gasteiger partial charge in [-0.2, -0.15) is 0 Å². The predicted molar refractivity (Wildman–Crippen MR) is 71.6 cm³/mol. The third-order valence-electron chi connectivity index (χ3n) is 3.03. The summed E-state index contributed by atoms with van der Waals surface area (Å²) in [5.41, 5.74) is 3.82. The topological polar surface area (TPSA) is 31.6 Å². The van der Waals surface area contributed by atoms with Gasteiger partial charge in [0.2, 0.25) is 0 Å². The average Bonchev–Trinajstić information content (AvgIpc) is 3.04. The summed E-state index contributed by atoms with van der Waals surface area (Å²) in [4.78, 5) is 8.05. The quantitative estimate of drug-likeness (QED) is 0.698. The number of aromatic nitrogens is 2. The number of hydrogen-bond donors (Lipinski definition) is 2. The molecule has 3 heteroatoms. The molecule has 0 aliphatic carbocycles. The van der Waals surface area contributed by atoms with Gasteiger partial charge in [0.1, 0.15) is 0 Å². The Bertz CT molecular complexity index is 541. The largest absolute Gasteiger partial charge is 0.364 e. The van der Waals surface area contributed by atoms with Gasteiger partial charge in [0, 0.05) is 28.7 Å². The Hall–Kier alpha value is -1.74. The molecule has 0 radical (unpaired) electrons. The van der Waals surface area contributed by atoms with Gasteiger partial charge in [-0.25, -0.2) is 0 Å². The van der Waals surface area contributed by atoms with Gasteiger partial charge >= 0.3 is 0 Å². The van der Waals surface area contributed by atoms with E-state index in [0.29, 0.717) is 5.92 Å². The summed E-state index contributed by atoms with van der Waals surface area (Å²) in [6.45, 7) is 2.17. The lowest BCUT2D eigenvalue weighted by atomic mass is 9.97. The van der Waals surface area contributed by atoms with Crippen LogP contribution in [0.15, 0.2) is 48.1 Å². The molecular weight excluding hydrogens is 228 g/mol. The molecule has 3 aromatic heterocycles. The monoisotopic (exact) mass is 242 g/mol. The lowest BCUT2D eigenvalue weighted by Crippen LogP contribution is -2.03. The predicted octanol–water partition coefficient (Wildman–Crippen LogP) is 3.89. The summed E-state index contributed by atoms with van der Waals surface area (Å²) < 4.78 is 0. The number of aryl methyl sites for hydroxylation is 1. The zero-order valence-electron chi connectivity index (χ0n) is 9.60. The van der Waals surface area contributed by atoms with Crippen molar-refractivity contribution in [2.75, 3.05) is 0 Å². The van der Waals surface area contributed by atoms with Crippen molar-refractivity contribution in [1.29, 1.82) is 0 Å². The van der Waals surface area contributed by atoms with Crippen LogP contribution in [0.5, 0.6) is 0 Å². The minimum absolute atomic E-state index is 0.292. The van der Waals surface area contributed by atoms with E-state index in [0.717, 1.165) is 0 Å². The van der Waals surface area contributed by atoms with Crippen LogP contribution in [0.3, 0.4) is 0 Å². The zero-order valence-corrected chi connectivity index (χ0v) is 10.4. The van der Waals surface area contributed by atoms with Crippen LogP contribution in [0.1, 0.15) is 27.7 Å². The summed E-state index contributed by atoms with van der Waals surface area (Å²) in [5.74, 6) is 0.292. The molecule has 0 aromatic carbocycles. The van der Waals surface area contributed by atoms with E-state index in [-0.39, 0.29) is 0 Å². The van der Waals surface area contributed by atoms with E-state index in [9.17, 15) is 0 Å². The first-order chi connectivity index (χ1) is 8.36. The van der Waals surface area contributed by atoms with Gasteiger partial charge in [-0.3, -0.25) is 0 Å². The van der Waals surface area contributed by atoms with Gasteiger partial charge in [-0.15, -0.1) is 11.3 Å². The highest BCUT2D eigenvalue weighted by atomic mass is 32.1. The minimum Gasteiger partial charge on any atom is -0.364 e. The van der Waals surface area contributed by atoms with Crippen LogP contribution in [-0.2, 0) is 0 Å². The fraction of sp³-hybridized carbons (Fsp3) is 0.143. The van der Waals surface area contributed by atoms with E-state index in [1.165, 1.54) is 21.8 Å². The SMILES string of the molecule is Cc1ccsc1C(c1ccc[nH]1)c1ccc[nH]1. The molecule has 3 aromatic rings. The van der Waals surface area contributed by atoms with E-state index >= 15 is 0 Å². The van der Waals surface area contributed by atoms with Crippen molar-refractivity contribution in [3.05, 3.63) is 69.9 Å². The maximum absolute atomic E-state index is 3.33. The highest BCUT2D eigenvalue weighted by molar-refractivity contribution is 7.10. The van der Waals surface area contributed by atoms with Gasteiger partial charge in [0.25, 0.3) is 0 Å². The molecule has 2 N–H and O–H groups in total. The molecule has 0 atom stereocenters. The molecule has 0 fully saturated rings. The average molecular weight is 242 g/mol. The molecule has 0 aliphatic heterocycles. The highest BCUT2D eigenvalue weighted by Crippen LogP contribution is 2.35. The maximum Gasteiger partial charge on any atom is 0.0737 e. The third-order valence-corrected chi connectivity index (χ3v) is 4.11. The van der Waals surface area contributed by atoms with Crippen molar-refractivity contribution in [2.45, 2.75) is 12.8 Å². The van der Waals surface area contributed by atoms with Gasteiger partial charge in [-0.1, -0.05) is 0 Å². The summed E-state index contributed by atoms with van der Waals surface area (Å²) in [7, 11) is 0. The minimum atomic E-state index is 0.292. The first kappa shape index (κ1) is 10.4. The van der Waals surface area contributed by atoms with Gasteiger partial charge in [0.15, 0.2) is 0 Å². The summed E-state index contributed by atoms with van der Waals surface area (Å²) in [5, 5.41) is 2.16. The van der Waals surface area contributed by atoms with E-state index in [1.807, 2.05) is 35.9 Å². The van der Waals surface area contributed by atoms with Crippen molar-refractivity contribution < 1.29 is 0 Å². The van der Waals surface area contributed by atoms with Gasteiger partial charge in [0.05, 0.1) is 5.92 Å². The first-order valence-corrected chi connectivity index (χ1v) is 6.55. The van der Waals surface area contributed by atoms with Crippen LogP contribution in [0.4, 0.5) is 0 Å². The molecule has 0 unspecified atom stereocenters. The molecule has 3 heterocycles. The number of H-pyrrole nitrogens is 2. The van der Waals surface area contributed by atoms with Crippen LogP contribution in [0.2, 0.25) is 0 Å². The Morgan fingerprint density at radius 2 is 1.65 bits per heavy atom.